The van der Waals surface area contributed by atoms with Gasteiger partial charge in [0.2, 0.25) is 0 Å². The van der Waals surface area contributed by atoms with E-state index in [4.69, 9.17) is 27.9 Å². The maximum atomic E-state index is 6.31. The lowest BCUT2D eigenvalue weighted by Crippen LogP contribution is -1.85. The van der Waals surface area contributed by atoms with Crippen molar-refractivity contribution in [2.24, 2.45) is 0 Å². The van der Waals surface area contributed by atoms with E-state index >= 15 is 0 Å². The van der Waals surface area contributed by atoms with Crippen molar-refractivity contribution in [2.75, 3.05) is 7.11 Å². The zero-order valence-corrected chi connectivity index (χ0v) is 12.4. The average Bonchev–Trinajstić information content (AvgIpc) is 2.87. The van der Waals surface area contributed by atoms with Gasteiger partial charge in [0.25, 0.3) is 0 Å². The molecule has 0 atom stereocenters. The molecule has 3 rings (SSSR count). The third kappa shape index (κ3) is 2.10. The molecular formula is C15H10Cl2OS. The van der Waals surface area contributed by atoms with Gasteiger partial charge in [-0.25, -0.2) is 0 Å². The molecule has 0 radical (unpaired) electrons. The van der Waals surface area contributed by atoms with Crippen LogP contribution in [0.15, 0.2) is 41.8 Å². The number of thiophene rings is 1. The second kappa shape index (κ2) is 5.04. The normalized spacial score (nSPS) is 10.9. The number of rotatable bonds is 2. The fourth-order valence-corrected chi connectivity index (χ4v) is 3.68. The molecule has 0 aliphatic rings. The molecule has 96 valence electrons. The summed E-state index contributed by atoms with van der Waals surface area (Å²) in [5.41, 5.74) is 2.31. The van der Waals surface area contributed by atoms with E-state index in [2.05, 4.69) is 17.5 Å². The summed E-state index contributed by atoms with van der Waals surface area (Å²) in [4.78, 5) is 0. The van der Waals surface area contributed by atoms with Crippen molar-refractivity contribution in [3.8, 4) is 16.9 Å². The van der Waals surface area contributed by atoms with Gasteiger partial charge in [-0.1, -0.05) is 53.5 Å². The van der Waals surface area contributed by atoms with Crippen LogP contribution in [0.25, 0.3) is 21.2 Å². The molecule has 3 aromatic rings. The van der Waals surface area contributed by atoms with Crippen molar-refractivity contribution in [2.45, 2.75) is 0 Å². The lowest BCUT2D eigenvalue weighted by molar-refractivity contribution is 0.415. The third-order valence-electron chi connectivity index (χ3n) is 3.02. The first-order valence-electron chi connectivity index (χ1n) is 5.71. The predicted molar refractivity (Wildman–Crippen MR) is 83.8 cm³/mol. The number of ether oxygens (including phenoxy) is 1. The Morgan fingerprint density at radius 3 is 2.47 bits per heavy atom. The SMILES string of the molecule is COc1cc2c(-c3ccccc3)csc2c(Cl)c1Cl. The first kappa shape index (κ1) is 12.8. The Labute approximate surface area is 125 Å². The molecule has 0 bridgehead atoms. The van der Waals surface area contributed by atoms with E-state index in [0.29, 0.717) is 15.8 Å². The van der Waals surface area contributed by atoms with Crippen molar-refractivity contribution in [1.82, 2.24) is 0 Å². The van der Waals surface area contributed by atoms with Gasteiger partial charge in [-0.15, -0.1) is 11.3 Å². The minimum Gasteiger partial charge on any atom is -0.495 e. The lowest BCUT2D eigenvalue weighted by atomic mass is 10.0. The van der Waals surface area contributed by atoms with Crippen LogP contribution in [-0.2, 0) is 0 Å². The molecule has 1 heterocycles. The Hall–Kier alpha value is -1.22. The van der Waals surface area contributed by atoms with Crippen LogP contribution in [0.1, 0.15) is 0 Å². The summed E-state index contributed by atoms with van der Waals surface area (Å²) in [6.45, 7) is 0. The maximum Gasteiger partial charge on any atom is 0.139 e. The van der Waals surface area contributed by atoms with Crippen LogP contribution in [0.4, 0.5) is 0 Å². The number of fused-ring (bicyclic) bond motifs is 1. The van der Waals surface area contributed by atoms with E-state index in [1.807, 2.05) is 24.3 Å². The van der Waals surface area contributed by atoms with Gasteiger partial charge in [-0.3, -0.25) is 0 Å². The highest BCUT2D eigenvalue weighted by Crippen LogP contribution is 2.45. The van der Waals surface area contributed by atoms with Crippen molar-refractivity contribution < 1.29 is 4.74 Å². The van der Waals surface area contributed by atoms with Crippen LogP contribution in [-0.4, -0.2) is 7.11 Å². The maximum absolute atomic E-state index is 6.31. The van der Waals surface area contributed by atoms with Gasteiger partial charge in [-0.05, 0) is 17.0 Å². The summed E-state index contributed by atoms with van der Waals surface area (Å²) in [6, 6.07) is 12.2. The molecule has 19 heavy (non-hydrogen) atoms. The van der Waals surface area contributed by atoms with Crippen LogP contribution < -0.4 is 4.74 Å². The second-order valence-electron chi connectivity index (χ2n) is 4.10. The molecule has 0 unspecified atom stereocenters. The van der Waals surface area contributed by atoms with E-state index < -0.39 is 0 Å². The van der Waals surface area contributed by atoms with Gasteiger partial charge in [0, 0.05) is 10.9 Å². The summed E-state index contributed by atoms with van der Waals surface area (Å²) >= 11 is 14.1. The molecule has 1 nitrogen and oxygen atoms in total. The van der Waals surface area contributed by atoms with Crippen LogP contribution in [0, 0.1) is 0 Å². The molecule has 0 aliphatic carbocycles. The minimum absolute atomic E-state index is 0.470. The smallest absolute Gasteiger partial charge is 0.139 e. The summed E-state index contributed by atoms with van der Waals surface area (Å²) < 4.78 is 6.27. The Bertz CT molecular complexity index is 735. The van der Waals surface area contributed by atoms with Gasteiger partial charge in [-0.2, -0.15) is 0 Å². The Kier molecular flexibility index (Phi) is 3.40. The standard InChI is InChI=1S/C15H10Cl2OS/c1-18-12-7-10-11(9-5-3-2-4-6-9)8-19-15(10)14(17)13(12)16/h2-8H,1H3. The summed E-state index contributed by atoms with van der Waals surface area (Å²) in [7, 11) is 1.60. The molecule has 0 N–H and O–H groups in total. The quantitative estimate of drug-likeness (QED) is 0.574. The number of halogens is 2. The van der Waals surface area contributed by atoms with Gasteiger partial charge >= 0.3 is 0 Å². The van der Waals surface area contributed by atoms with Crippen LogP contribution in [0.5, 0.6) is 5.75 Å². The van der Waals surface area contributed by atoms with E-state index in [1.54, 1.807) is 18.4 Å². The molecule has 0 spiro atoms. The van der Waals surface area contributed by atoms with Gasteiger partial charge < -0.3 is 4.74 Å². The molecule has 2 aromatic carbocycles. The lowest BCUT2D eigenvalue weighted by Gasteiger charge is -2.07. The Morgan fingerprint density at radius 1 is 1.05 bits per heavy atom. The molecule has 0 saturated carbocycles. The second-order valence-corrected chi connectivity index (χ2v) is 5.73. The van der Waals surface area contributed by atoms with E-state index in [1.165, 1.54) is 0 Å². The van der Waals surface area contributed by atoms with Crippen LogP contribution in [0.2, 0.25) is 10.0 Å². The van der Waals surface area contributed by atoms with E-state index in [-0.39, 0.29) is 0 Å². The Morgan fingerprint density at radius 2 is 1.79 bits per heavy atom. The van der Waals surface area contributed by atoms with E-state index in [9.17, 15) is 0 Å². The number of methoxy groups -OCH3 is 1. The highest BCUT2D eigenvalue weighted by molar-refractivity contribution is 7.18. The zero-order chi connectivity index (χ0) is 13.4. The largest absolute Gasteiger partial charge is 0.495 e. The first-order chi connectivity index (χ1) is 9.22. The molecule has 0 aliphatic heterocycles. The van der Waals surface area contributed by atoms with E-state index in [0.717, 1.165) is 21.2 Å². The van der Waals surface area contributed by atoms with Crippen molar-refractivity contribution in [1.29, 1.82) is 0 Å². The van der Waals surface area contributed by atoms with Gasteiger partial charge in [0.05, 0.1) is 16.8 Å². The van der Waals surface area contributed by atoms with Crippen molar-refractivity contribution in [3.05, 3.63) is 51.8 Å². The van der Waals surface area contributed by atoms with Crippen LogP contribution >= 0.6 is 34.5 Å². The summed E-state index contributed by atoms with van der Waals surface area (Å²) in [5.74, 6) is 0.606. The predicted octanol–water partition coefficient (Wildman–Crippen LogP) is 5.88. The topological polar surface area (TPSA) is 9.23 Å². The number of hydrogen-bond acceptors (Lipinski definition) is 2. The van der Waals surface area contributed by atoms with Crippen molar-refractivity contribution >= 4 is 44.6 Å². The minimum atomic E-state index is 0.470. The summed E-state index contributed by atoms with van der Waals surface area (Å²) in [6.07, 6.45) is 0. The number of benzene rings is 2. The average molecular weight is 309 g/mol. The highest BCUT2D eigenvalue weighted by atomic mass is 35.5. The first-order valence-corrected chi connectivity index (χ1v) is 7.34. The highest BCUT2D eigenvalue weighted by Gasteiger charge is 2.15. The summed E-state index contributed by atoms with van der Waals surface area (Å²) in [5, 5.41) is 4.20. The fraction of sp³-hybridized carbons (Fsp3) is 0.0667. The monoisotopic (exact) mass is 308 g/mol. The zero-order valence-electron chi connectivity index (χ0n) is 10.1. The third-order valence-corrected chi connectivity index (χ3v) is 4.99. The molecule has 1 aromatic heterocycles. The fourth-order valence-electron chi connectivity index (χ4n) is 2.07. The molecule has 0 fully saturated rings. The molecule has 0 saturated heterocycles. The molecule has 4 heteroatoms. The Balaban J connectivity index is 2.32. The van der Waals surface area contributed by atoms with Gasteiger partial charge in [0.1, 0.15) is 10.8 Å². The van der Waals surface area contributed by atoms with Crippen molar-refractivity contribution in [3.63, 3.8) is 0 Å². The van der Waals surface area contributed by atoms with Gasteiger partial charge in [0.15, 0.2) is 0 Å². The van der Waals surface area contributed by atoms with Crippen LogP contribution in [0.3, 0.4) is 0 Å². The number of hydrogen-bond donors (Lipinski definition) is 0. The molecular weight excluding hydrogens is 299 g/mol. The molecule has 0 amide bonds.